The zero-order chi connectivity index (χ0) is 13.3. The third-order valence-corrected chi connectivity index (χ3v) is 5.06. The molecule has 108 valence electrons. The van der Waals surface area contributed by atoms with Gasteiger partial charge in [-0.15, -0.1) is 0 Å². The smallest absolute Gasteiger partial charge is 0.212 e. The van der Waals surface area contributed by atoms with Crippen LogP contribution in [0, 0.1) is 0 Å². The molecule has 1 saturated carbocycles. The number of rotatable bonds is 12. The number of unbranched alkanes of at least 4 members (excludes halogenated alkanes) is 3. The summed E-state index contributed by atoms with van der Waals surface area (Å²) in [4.78, 5) is 0. The van der Waals surface area contributed by atoms with Gasteiger partial charge >= 0.3 is 0 Å². The van der Waals surface area contributed by atoms with Crippen LogP contribution in [-0.4, -0.2) is 45.3 Å². The molecule has 1 aliphatic rings. The molecule has 1 fully saturated rings. The summed E-state index contributed by atoms with van der Waals surface area (Å²) in [5.74, 6) is 1.41. The van der Waals surface area contributed by atoms with Crippen LogP contribution in [0.4, 0.5) is 0 Å². The van der Waals surface area contributed by atoms with E-state index in [-0.39, 0.29) is 5.75 Å². The summed E-state index contributed by atoms with van der Waals surface area (Å²) in [6.45, 7) is 1.17. The normalized spacial score (nSPS) is 16.1. The van der Waals surface area contributed by atoms with Crippen molar-refractivity contribution in [3.63, 3.8) is 0 Å². The highest BCUT2D eigenvalue weighted by Crippen LogP contribution is 2.17. The van der Waals surface area contributed by atoms with E-state index in [1.165, 1.54) is 31.4 Å². The minimum Gasteiger partial charge on any atom is -0.313 e. The highest BCUT2D eigenvalue weighted by molar-refractivity contribution is 7.98. The number of hydrogen-bond donors (Lipinski definition) is 2. The fourth-order valence-corrected chi connectivity index (χ4v) is 3.19. The Balaban J connectivity index is 1.91. The van der Waals surface area contributed by atoms with Gasteiger partial charge in [-0.3, -0.25) is 0 Å². The Morgan fingerprint density at radius 2 is 1.83 bits per heavy atom. The van der Waals surface area contributed by atoms with Gasteiger partial charge in [-0.25, -0.2) is 13.1 Å². The van der Waals surface area contributed by atoms with Crippen LogP contribution in [0.2, 0.25) is 0 Å². The zero-order valence-corrected chi connectivity index (χ0v) is 12.9. The molecule has 18 heavy (non-hydrogen) atoms. The molecule has 0 aliphatic heterocycles. The molecule has 6 heteroatoms. The van der Waals surface area contributed by atoms with Crippen molar-refractivity contribution in [3.05, 3.63) is 0 Å². The fourth-order valence-electron chi connectivity index (χ4n) is 1.71. The minimum atomic E-state index is -3.06. The van der Waals surface area contributed by atoms with Gasteiger partial charge in [0.05, 0.1) is 5.75 Å². The van der Waals surface area contributed by atoms with Gasteiger partial charge in [0.2, 0.25) is 10.0 Å². The molecule has 0 atom stereocenters. The van der Waals surface area contributed by atoms with E-state index in [1.807, 2.05) is 11.8 Å². The summed E-state index contributed by atoms with van der Waals surface area (Å²) in [6, 6.07) is 0.580. The second-order valence-electron chi connectivity index (χ2n) is 4.85. The Bertz CT molecular complexity index is 303. The van der Waals surface area contributed by atoms with E-state index in [2.05, 4.69) is 16.3 Å². The lowest BCUT2D eigenvalue weighted by Gasteiger charge is -2.07. The van der Waals surface area contributed by atoms with Crippen LogP contribution in [0.15, 0.2) is 0 Å². The molecule has 0 saturated heterocycles. The maximum Gasteiger partial charge on any atom is 0.212 e. The van der Waals surface area contributed by atoms with Crippen molar-refractivity contribution in [1.29, 1.82) is 0 Å². The van der Waals surface area contributed by atoms with Crippen LogP contribution in [0.1, 0.15) is 38.5 Å². The standard InChI is InChI=1S/C12H26N2O2S2/c1-17-10-5-3-2-4-8-14-18(15,16)11-9-13-12-6-7-12/h12-14H,2-11H2,1H3. The van der Waals surface area contributed by atoms with E-state index in [9.17, 15) is 8.42 Å². The van der Waals surface area contributed by atoms with Crippen molar-refractivity contribution >= 4 is 21.8 Å². The topological polar surface area (TPSA) is 58.2 Å². The summed E-state index contributed by atoms with van der Waals surface area (Å²) in [7, 11) is -3.06. The highest BCUT2D eigenvalue weighted by Gasteiger charge is 2.20. The lowest BCUT2D eigenvalue weighted by atomic mass is 10.2. The van der Waals surface area contributed by atoms with Crippen LogP contribution in [-0.2, 0) is 10.0 Å². The highest BCUT2D eigenvalue weighted by atomic mass is 32.2. The summed E-state index contributed by atoms with van der Waals surface area (Å²) in [6.07, 6.45) is 9.01. The van der Waals surface area contributed by atoms with Gasteiger partial charge in [0.1, 0.15) is 0 Å². The quantitative estimate of drug-likeness (QED) is 0.537. The van der Waals surface area contributed by atoms with Crippen molar-refractivity contribution in [1.82, 2.24) is 10.0 Å². The van der Waals surface area contributed by atoms with Gasteiger partial charge in [-0.2, -0.15) is 11.8 Å². The molecule has 4 nitrogen and oxygen atoms in total. The van der Waals surface area contributed by atoms with Gasteiger partial charge in [-0.1, -0.05) is 12.8 Å². The average molecular weight is 294 g/mol. The molecule has 0 heterocycles. The number of nitrogens with one attached hydrogen (secondary N) is 2. The molecule has 0 aromatic heterocycles. The second-order valence-corrected chi connectivity index (χ2v) is 7.76. The zero-order valence-electron chi connectivity index (χ0n) is 11.3. The average Bonchev–Trinajstić information content (AvgIpc) is 3.11. The molecule has 0 aromatic rings. The van der Waals surface area contributed by atoms with Crippen LogP contribution in [0.3, 0.4) is 0 Å². The first-order valence-electron chi connectivity index (χ1n) is 6.84. The first kappa shape index (κ1) is 16.3. The van der Waals surface area contributed by atoms with E-state index in [1.54, 1.807) is 0 Å². The molecule has 0 amide bonds. The summed E-state index contributed by atoms with van der Waals surface area (Å²) < 4.78 is 25.9. The molecule has 0 radical (unpaired) electrons. The van der Waals surface area contributed by atoms with Gasteiger partial charge in [0, 0.05) is 19.1 Å². The molecule has 2 N–H and O–H groups in total. The van der Waals surface area contributed by atoms with Gasteiger partial charge in [0.15, 0.2) is 0 Å². The predicted molar refractivity (Wildman–Crippen MR) is 79.7 cm³/mol. The van der Waals surface area contributed by atoms with Crippen molar-refractivity contribution < 1.29 is 8.42 Å². The number of thioether (sulfide) groups is 1. The van der Waals surface area contributed by atoms with Crippen LogP contribution < -0.4 is 10.0 Å². The molecule has 0 bridgehead atoms. The lowest BCUT2D eigenvalue weighted by Crippen LogP contribution is -2.33. The second kappa shape index (κ2) is 9.18. The van der Waals surface area contributed by atoms with E-state index in [4.69, 9.17) is 0 Å². The maximum absolute atomic E-state index is 11.6. The van der Waals surface area contributed by atoms with Gasteiger partial charge in [0.25, 0.3) is 0 Å². The molecule has 0 aromatic carbocycles. The molecular weight excluding hydrogens is 268 g/mol. The Kier molecular flexibility index (Phi) is 8.30. The van der Waals surface area contributed by atoms with E-state index in [0.717, 1.165) is 12.8 Å². The third-order valence-electron chi connectivity index (χ3n) is 2.98. The first-order valence-corrected chi connectivity index (χ1v) is 9.88. The molecule has 1 aliphatic carbocycles. The van der Waals surface area contributed by atoms with E-state index in [0.29, 0.717) is 19.1 Å². The van der Waals surface area contributed by atoms with Crippen LogP contribution >= 0.6 is 11.8 Å². The fraction of sp³-hybridized carbons (Fsp3) is 1.00. The van der Waals surface area contributed by atoms with Crippen LogP contribution in [0.5, 0.6) is 0 Å². The van der Waals surface area contributed by atoms with Crippen LogP contribution in [0.25, 0.3) is 0 Å². The van der Waals surface area contributed by atoms with E-state index >= 15 is 0 Å². The molecule has 0 spiro atoms. The number of sulfonamides is 1. The Morgan fingerprint density at radius 1 is 1.11 bits per heavy atom. The largest absolute Gasteiger partial charge is 0.313 e. The summed E-state index contributed by atoms with van der Waals surface area (Å²) in [5, 5.41) is 3.22. The monoisotopic (exact) mass is 294 g/mol. The van der Waals surface area contributed by atoms with Gasteiger partial charge < -0.3 is 5.32 Å². The SMILES string of the molecule is CSCCCCCCNS(=O)(=O)CCNC1CC1. The van der Waals surface area contributed by atoms with Crippen molar-refractivity contribution in [2.75, 3.05) is 30.9 Å². The summed E-state index contributed by atoms with van der Waals surface area (Å²) in [5.41, 5.74) is 0. The van der Waals surface area contributed by atoms with Crippen molar-refractivity contribution in [2.24, 2.45) is 0 Å². The van der Waals surface area contributed by atoms with Crippen molar-refractivity contribution in [3.8, 4) is 0 Å². The maximum atomic E-state index is 11.6. The minimum absolute atomic E-state index is 0.204. The van der Waals surface area contributed by atoms with E-state index < -0.39 is 10.0 Å². The van der Waals surface area contributed by atoms with Gasteiger partial charge in [-0.05, 0) is 37.7 Å². The predicted octanol–water partition coefficient (Wildman–Crippen LogP) is 1.58. The lowest BCUT2D eigenvalue weighted by molar-refractivity contribution is 0.569. The first-order chi connectivity index (χ1) is 8.64. The van der Waals surface area contributed by atoms with Crippen molar-refractivity contribution in [2.45, 2.75) is 44.6 Å². The molecule has 1 rings (SSSR count). The number of hydrogen-bond acceptors (Lipinski definition) is 4. The third kappa shape index (κ3) is 9.19. The Hall–Kier alpha value is 0.220. The Morgan fingerprint density at radius 3 is 2.50 bits per heavy atom. The molecule has 0 unspecified atom stereocenters. The summed E-state index contributed by atoms with van der Waals surface area (Å²) >= 11 is 1.87. The molecular formula is C12H26N2O2S2. The Labute approximate surface area is 116 Å².